The first-order valence-electron chi connectivity index (χ1n) is 7.17. The number of carbonyl (C=O) groups excluding carboxylic acids is 2. The molecule has 0 spiro atoms. The van der Waals surface area contributed by atoms with Gasteiger partial charge < -0.3 is 4.79 Å². The van der Waals surface area contributed by atoms with Crippen LogP contribution in [0.15, 0.2) is 83.3 Å². The number of hydrogen-bond acceptors (Lipinski definition) is 2. The molecule has 0 radical (unpaired) electrons. The van der Waals surface area contributed by atoms with Crippen LogP contribution >= 0.6 is 15.9 Å². The van der Waals surface area contributed by atoms with Crippen molar-refractivity contribution in [1.29, 1.82) is 0 Å². The molecule has 0 saturated heterocycles. The van der Waals surface area contributed by atoms with Crippen LogP contribution in [0.1, 0.15) is 26.3 Å². The Hall–Kier alpha value is -2.00. The average Bonchev–Trinajstić information content (AvgIpc) is 3.29. The van der Waals surface area contributed by atoms with Gasteiger partial charge in [-0.15, -0.1) is 12.1 Å². The smallest absolute Gasteiger partial charge is 0.335 e. The van der Waals surface area contributed by atoms with E-state index in [0.29, 0.717) is 21.2 Å². The molecule has 0 atom stereocenters. The number of ketones is 2. The van der Waals surface area contributed by atoms with Crippen molar-refractivity contribution in [2.24, 2.45) is 0 Å². The van der Waals surface area contributed by atoms with E-state index in [1.165, 1.54) is 0 Å². The van der Waals surface area contributed by atoms with Crippen molar-refractivity contribution in [3.63, 3.8) is 0 Å². The molecule has 0 unspecified atom stereocenters. The fourth-order valence-corrected chi connectivity index (χ4v) is 3.09. The maximum absolute atomic E-state index is 12.4. The molecule has 0 aromatic heterocycles. The molecule has 4 heteroatoms. The molecule has 0 N–H and O–H groups in total. The third-order valence-corrected chi connectivity index (χ3v) is 4.33. The van der Waals surface area contributed by atoms with Gasteiger partial charge in [-0.05, 0) is 5.56 Å². The summed E-state index contributed by atoms with van der Waals surface area (Å²) in [5.74, 6) is -0.246. The summed E-state index contributed by atoms with van der Waals surface area (Å²) in [7, 11) is 0. The van der Waals surface area contributed by atoms with Gasteiger partial charge in [-0.2, -0.15) is 30.3 Å². The van der Waals surface area contributed by atoms with Crippen LogP contribution in [-0.2, 0) is 17.1 Å². The topological polar surface area (TPSA) is 34.1 Å². The van der Waals surface area contributed by atoms with Crippen LogP contribution in [0.25, 0.3) is 5.57 Å². The number of carbonyl (C=O) groups is 2. The van der Waals surface area contributed by atoms with Crippen molar-refractivity contribution < 1.29 is 26.7 Å². The van der Waals surface area contributed by atoms with Crippen molar-refractivity contribution in [1.82, 2.24) is 0 Å². The summed E-state index contributed by atoms with van der Waals surface area (Å²) in [6, 6.07) is 24.3. The molecule has 24 heavy (non-hydrogen) atoms. The quantitative estimate of drug-likeness (QED) is 0.410. The maximum atomic E-state index is 12.4. The second kappa shape index (κ2) is 8.20. The fraction of sp³-hybridized carbons (Fsp3) is 0. The zero-order valence-corrected chi connectivity index (χ0v) is 15.2. The number of fused-ring (bicyclic) bond motifs is 1. The minimum atomic E-state index is -0.138. The minimum Gasteiger partial charge on any atom is -0.335 e. The second-order valence-corrected chi connectivity index (χ2v) is 5.82. The molecule has 2 nitrogen and oxygen atoms in total. The van der Waals surface area contributed by atoms with Crippen LogP contribution < -0.4 is 0 Å². The molecular weight excluding hydrogens is 408 g/mol. The van der Waals surface area contributed by atoms with E-state index in [0.717, 1.165) is 5.56 Å². The van der Waals surface area contributed by atoms with Crippen molar-refractivity contribution >= 4 is 33.1 Å². The van der Waals surface area contributed by atoms with Gasteiger partial charge in [0, 0.05) is 10.0 Å². The zero-order chi connectivity index (χ0) is 16.2. The molecule has 120 valence electrons. The van der Waals surface area contributed by atoms with E-state index in [1.54, 1.807) is 24.3 Å². The largest absolute Gasteiger partial charge is 2.00 e. The van der Waals surface area contributed by atoms with Crippen LogP contribution in [-0.4, -0.2) is 11.6 Å². The summed E-state index contributed by atoms with van der Waals surface area (Å²) in [4.78, 5) is 24.6. The van der Waals surface area contributed by atoms with Crippen LogP contribution in [0.5, 0.6) is 0 Å². The average molecular weight is 421 g/mol. The third kappa shape index (κ3) is 3.57. The van der Waals surface area contributed by atoms with Crippen LogP contribution in [0.4, 0.5) is 0 Å². The first kappa shape index (κ1) is 18.3. The zero-order valence-electron chi connectivity index (χ0n) is 12.6. The molecule has 1 aliphatic rings. The molecule has 0 amide bonds. The Balaban J connectivity index is 0.000000300. The predicted molar refractivity (Wildman–Crippen MR) is 95.0 cm³/mol. The van der Waals surface area contributed by atoms with E-state index in [4.69, 9.17) is 0 Å². The minimum absolute atomic E-state index is 0. The maximum Gasteiger partial charge on any atom is 2.00 e. The van der Waals surface area contributed by atoms with Gasteiger partial charge in [0.05, 0.1) is 0 Å². The van der Waals surface area contributed by atoms with Gasteiger partial charge in [0.2, 0.25) is 0 Å². The Bertz CT molecular complexity index is 842. The molecule has 0 bridgehead atoms. The van der Waals surface area contributed by atoms with Gasteiger partial charge in [0.25, 0.3) is 0 Å². The Kier molecular flexibility index (Phi) is 6.27. The van der Waals surface area contributed by atoms with Gasteiger partial charge in [-0.1, -0.05) is 51.3 Å². The number of benzene rings is 1. The van der Waals surface area contributed by atoms with Gasteiger partial charge in [0.15, 0.2) is 5.78 Å². The summed E-state index contributed by atoms with van der Waals surface area (Å²) >= 11 is 3.26. The number of Topliss-reactive ketones (excluding diaryl/α,β-unsaturated/α-hetero) is 2. The predicted octanol–water partition coefficient (Wildman–Crippen LogP) is 4.99. The number of hydrogen-bond donors (Lipinski definition) is 0. The SMILES string of the molecule is O=C1C(Br)=C([c-]2cccc2)C(=O)c2ccccc21.[Fe+2].c1cc[cH-]c1. The summed E-state index contributed by atoms with van der Waals surface area (Å²) < 4.78 is 0.345. The molecule has 4 rings (SSSR count). The summed E-state index contributed by atoms with van der Waals surface area (Å²) in [5.41, 5.74) is 2.16. The van der Waals surface area contributed by atoms with E-state index < -0.39 is 0 Å². The third-order valence-electron chi connectivity index (χ3n) is 3.57. The molecule has 0 aliphatic heterocycles. The molecule has 1 aliphatic carbocycles. The molecular formula is C20H13BrFeO2. The van der Waals surface area contributed by atoms with Crippen molar-refractivity contribution in [2.75, 3.05) is 0 Å². The number of rotatable bonds is 1. The monoisotopic (exact) mass is 420 g/mol. The molecule has 0 heterocycles. The standard InChI is InChI=1S/C15H8BrO2.C5H5.Fe/c16-13-12(9-5-1-2-6-9)14(17)10-7-3-4-8-11(10)15(13)18;1-2-4-5-3-1;/h1-8H;1-5H;/q2*-1;+2. The van der Waals surface area contributed by atoms with Crippen molar-refractivity contribution in [2.45, 2.75) is 0 Å². The van der Waals surface area contributed by atoms with E-state index in [9.17, 15) is 9.59 Å². The Morgan fingerprint density at radius 2 is 1.33 bits per heavy atom. The Labute approximate surface area is 159 Å². The fourth-order valence-electron chi connectivity index (χ4n) is 2.46. The Morgan fingerprint density at radius 3 is 1.83 bits per heavy atom. The van der Waals surface area contributed by atoms with Crippen LogP contribution in [0.2, 0.25) is 0 Å². The van der Waals surface area contributed by atoms with Crippen molar-refractivity contribution in [3.8, 4) is 0 Å². The van der Waals surface area contributed by atoms with E-state index in [-0.39, 0.29) is 28.6 Å². The molecule has 3 aromatic rings. The second-order valence-electron chi connectivity index (χ2n) is 5.03. The van der Waals surface area contributed by atoms with E-state index >= 15 is 0 Å². The van der Waals surface area contributed by atoms with Crippen molar-refractivity contribution in [3.05, 3.63) is 100 Å². The molecule has 3 aromatic carbocycles. The summed E-state index contributed by atoms with van der Waals surface area (Å²) in [6.07, 6.45) is 0. The summed E-state index contributed by atoms with van der Waals surface area (Å²) in [5, 5.41) is 0. The first-order chi connectivity index (χ1) is 11.2. The van der Waals surface area contributed by atoms with Gasteiger partial charge in [-0.3, -0.25) is 4.79 Å². The van der Waals surface area contributed by atoms with Crippen LogP contribution in [0.3, 0.4) is 0 Å². The van der Waals surface area contributed by atoms with E-state index in [1.807, 2.05) is 54.6 Å². The van der Waals surface area contributed by atoms with Crippen LogP contribution in [0, 0.1) is 0 Å². The molecule has 0 fully saturated rings. The Morgan fingerprint density at radius 1 is 0.792 bits per heavy atom. The normalized spacial score (nSPS) is 12.9. The van der Waals surface area contributed by atoms with E-state index in [2.05, 4.69) is 15.9 Å². The van der Waals surface area contributed by atoms with Gasteiger partial charge in [0.1, 0.15) is 5.78 Å². The van der Waals surface area contributed by atoms with Gasteiger partial charge in [-0.25, -0.2) is 12.1 Å². The summed E-state index contributed by atoms with van der Waals surface area (Å²) in [6.45, 7) is 0. The first-order valence-corrected chi connectivity index (χ1v) is 7.96. The number of allylic oxidation sites excluding steroid dienone is 2. The number of halogens is 1. The molecule has 0 saturated carbocycles. The van der Waals surface area contributed by atoms with Gasteiger partial charge >= 0.3 is 17.1 Å².